The zero-order valence-corrected chi connectivity index (χ0v) is 18.2. The van der Waals surface area contributed by atoms with Crippen molar-refractivity contribution in [1.29, 1.82) is 0 Å². The number of anilines is 2. The van der Waals surface area contributed by atoms with Crippen molar-refractivity contribution >= 4 is 17.4 Å². The molecule has 0 atom stereocenters. The fourth-order valence-corrected chi connectivity index (χ4v) is 3.73. The number of benzene rings is 1. The Morgan fingerprint density at radius 3 is 2.25 bits per heavy atom. The largest absolute Gasteiger partial charge is 0.493 e. The maximum Gasteiger partial charge on any atom is 0.227 e. The molecule has 2 aromatic heterocycles. The van der Waals surface area contributed by atoms with E-state index in [1.165, 1.54) is 12.7 Å². The first-order valence-corrected chi connectivity index (χ1v) is 10.2. The number of carbonyl (C=O) groups is 1. The van der Waals surface area contributed by atoms with E-state index in [0.29, 0.717) is 54.7 Å². The topological polar surface area (TPSA) is 117 Å². The molecule has 1 amide bonds. The molecular weight excluding hydrogens is 414 g/mol. The summed E-state index contributed by atoms with van der Waals surface area (Å²) in [6, 6.07) is 5.31. The van der Waals surface area contributed by atoms with Gasteiger partial charge in [-0.15, -0.1) is 0 Å². The lowest BCUT2D eigenvalue weighted by Crippen LogP contribution is -2.38. The highest BCUT2D eigenvalue weighted by Gasteiger charge is 2.26. The molecular formula is C21H25N7O4. The van der Waals surface area contributed by atoms with Gasteiger partial charge < -0.3 is 24.4 Å². The first kappa shape index (κ1) is 21.3. The molecule has 0 saturated carbocycles. The van der Waals surface area contributed by atoms with Crippen LogP contribution in [-0.4, -0.2) is 65.1 Å². The van der Waals surface area contributed by atoms with Crippen molar-refractivity contribution in [3.8, 4) is 23.1 Å². The molecule has 0 spiro atoms. The summed E-state index contributed by atoms with van der Waals surface area (Å²) in [5.41, 5.74) is 0.597. The van der Waals surface area contributed by atoms with Crippen LogP contribution in [0.2, 0.25) is 0 Å². The highest BCUT2D eigenvalue weighted by molar-refractivity contribution is 5.93. The number of aromatic nitrogens is 5. The molecule has 11 heteroatoms. The molecule has 1 aliphatic heterocycles. The average Bonchev–Trinajstić information content (AvgIpc) is 3.38. The van der Waals surface area contributed by atoms with Crippen LogP contribution in [0.4, 0.5) is 11.5 Å². The molecule has 0 bridgehead atoms. The summed E-state index contributed by atoms with van der Waals surface area (Å²) in [6.07, 6.45) is 5.97. The Labute approximate surface area is 185 Å². The predicted molar refractivity (Wildman–Crippen MR) is 117 cm³/mol. The van der Waals surface area contributed by atoms with E-state index in [-0.39, 0.29) is 11.8 Å². The Bertz CT molecular complexity index is 1040. The van der Waals surface area contributed by atoms with E-state index in [2.05, 4.69) is 30.3 Å². The van der Waals surface area contributed by atoms with Crippen molar-refractivity contribution in [2.24, 2.45) is 5.92 Å². The molecule has 4 rings (SSSR count). The summed E-state index contributed by atoms with van der Waals surface area (Å²) in [6.45, 7) is 1.42. The molecule has 168 valence electrons. The maximum atomic E-state index is 12.9. The van der Waals surface area contributed by atoms with Crippen LogP contribution in [0.1, 0.15) is 12.8 Å². The van der Waals surface area contributed by atoms with Crippen LogP contribution in [0, 0.1) is 5.92 Å². The van der Waals surface area contributed by atoms with E-state index in [1.807, 2.05) is 6.07 Å². The van der Waals surface area contributed by atoms with Crippen molar-refractivity contribution in [2.45, 2.75) is 12.8 Å². The zero-order chi connectivity index (χ0) is 22.5. The molecule has 0 radical (unpaired) electrons. The van der Waals surface area contributed by atoms with Gasteiger partial charge in [0, 0.05) is 42.9 Å². The number of hydrogen-bond donors (Lipinski definition) is 1. The van der Waals surface area contributed by atoms with E-state index < -0.39 is 0 Å². The lowest BCUT2D eigenvalue weighted by molar-refractivity contribution is -0.120. The lowest BCUT2D eigenvalue weighted by Gasteiger charge is -2.32. The highest BCUT2D eigenvalue weighted by atomic mass is 16.5. The first-order chi connectivity index (χ1) is 15.6. The number of amides is 1. The van der Waals surface area contributed by atoms with Crippen LogP contribution >= 0.6 is 0 Å². The van der Waals surface area contributed by atoms with E-state index in [4.69, 9.17) is 14.2 Å². The average molecular weight is 439 g/mol. The predicted octanol–water partition coefficient (Wildman–Crippen LogP) is 1.94. The van der Waals surface area contributed by atoms with E-state index >= 15 is 0 Å². The van der Waals surface area contributed by atoms with Gasteiger partial charge in [-0.3, -0.25) is 4.79 Å². The Morgan fingerprint density at radius 2 is 1.66 bits per heavy atom. The number of hydrogen-bond acceptors (Lipinski definition) is 9. The molecule has 3 heterocycles. The summed E-state index contributed by atoms with van der Waals surface area (Å²) in [5, 5.41) is 7.08. The zero-order valence-electron chi connectivity index (χ0n) is 18.2. The second-order valence-electron chi connectivity index (χ2n) is 7.24. The maximum absolute atomic E-state index is 12.9. The monoisotopic (exact) mass is 439 g/mol. The van der Waals surface area contributed by atoms with Crippen molar-refractivity contribution in [3.63, 3.8) is 0 Å². The minimum Gasteiger partial charge on any atom is -0.493 e. The third-order valence-electron chi connectivity index (χ3n) is 5.41. The van der Waals surface area contributed by atoms with Crippen molar-refractivity contribution in [3.05, 3.63) is 37.2 Å². The Hall–Kier alpha value is -3.89. The highest BCUT2D eigenvalue weighted by Crippen LogP contribution is 2.40. The molecule has 32 heavy (non-hydrogen) atoms. The smallest absolute Gasteiger partial charge is 0.227 e. The molecule has 3 aromatic rings. The van der Waals surface area contributed by atoms with Gasteiger partial charge >= 0.3 is 0 Å². The molecule has 1 aliphatic rings. The molecule has 0 aliphatic carbocycles. The standard InChI is InChI=1S/C21H25N7O4/c1-30-16-8-15(9-17(31-2)20(16)32-3)26-21(29)14-4-6-27(7-5-14)18-10-19(24-12-23-18)28-13-22-11-25-28/h8-14H,4-7H2,1-3H3,(H,26,29). The van der Waals surface area contributed by atoms with Gasteiger partial charge in [0.05, 0.1) is 21.3 Å². The number of piperidine rings is 1. The third-order valence-corrected chi connectivity index (χ3v) is 5.41. The minimum absolute atomic E-state index is 0.0371. The summed E-state index contributed by atoms with van der Waals surface area (Å²) in [5.74, 6) is 2.76. The third kappa shape index (κ3) is 4.41. The lowest BCUT2D eigenvalue weighted by atomic mass is 9.95. The van der Waals surface area contributed by atoms with E-state index in [0.717, 1.165) is 5.82 Å². The Balaban J connectivity index is 1.40. The second-order valence-corrected chi connectivity index (χ2v) is 7.24. The number of methoxy groups -OCH3 is 3. The summed E-state index contributed by atoms with van der Waals surface area (Å²) >= 11 is 0. The van der Waals surface area contributed by atoms with Crippen LogP contribution in [-0.2, 0) is 4.79 Å². The SMILES string of the molecule is COc1cc(NC(=O)C2CCN(c3cc(-n4cncn4)ncn3)CC2)cc(OC)c1OC. The van der Waals surface area contributed by atoms with Gasteiger partial charge in [-0.25, -0.2) is 19.6 Å². The van der Waals surface area contributed by atoms with Gasteiger partial charge in [0.1, 0.15) is 24.8 Å². The summed E-state index contributed by atoms with van der Waals surface area (Å²) < 4.78 is 17.6. The van der Waals surface area contributed by atoms with Crippen LogP contribution in [0.5, 0.6) is 17.2 Å². The normalized spacial score (nSPS) is 14.2. The van der Waals surface area contributed by atoms with Crippen LogP contribution < -0.4 is 24.4 Å². The molecule has 11 nitrogen and oxygen atoms in total. The van der Waals surface area contributed by atoms with Gasteiger partial charge in [0.2, 0.25) is 11.7 Å². The Kier molecular flexibility index (Phi) is 6.34. The van der Waals surface area contributed by atoms with Crippen molar-refractivity contribution in [2.75, 3.05) is 44.6 Å². The van der Waals surface area contributed by atoms with Crippen LogP contribution in [0.15, 0.2) is 37.2 Å². The van der Waals surface area contributed by atoms with Crippen LogP contribution in [0.25, 0.3) is 5.82 Å². The summed E-state index contributed by atoms with van der Waals surface area (Å²) in [7, 11) is 4.62. The molecule has 1 aromatic carbocycles. The number of nitrogens with zero attached hydrogens (tertiary/aromatic N) is 6. The molecule has 0 unspecified atom stereocenters. The second kappa shape index (κ2) is 9.50. The van der Waals surface area contributed by atoms with Crippen molar-refractivity contribution in [1.82, 2.24) is 24.7 Å². The molecule has 1 fully saturated rings. The number of carbonyl (C=O) groups excluding carboxylic acids is 1. The number of rotatable bonds is 7. The Morgan fingerprint density at radius 1 is 0.969 bits per heavy atom. The van der Waals surface area contributed by atoms with Gasteiger partial charge in [-0.1, -0.05) is 0 Å². The fraction of sp³-hybridized carbons (Fsp3) is 0.381. The van der Waals surface area contributed by atoms with Gasteiger partial charge in [0.15, 0.2) is 17.3 Å². The first-order valence-electron chi connectivity index (χ1n) is 10.2. The van der Waals surface area contributed by atoms with E-state index in [1.54, 1.807) is 44.5 Å². The quantitative estimate of drug-likeness (QED) is 0.589. The fourth-order valence-electron chi connectivity index (χ4n) is 3.73. The van der Waals surface area contributed by atoms with Crippen molar-refractivity contribution < 1.29 is 19.0 Å². The molecule has 1 saturated heterocycles. The summed E-state index contributed by atoms with van der Waals surface area (Å²) in [4.78, 5) is 27.6. The number of nitrogens with one attached hydrogen (secondary N) is 1. The van der Waals surface area contributed by atoms with Gasteiger partial charge in [0.25, 0.3) is 0 Å². The molecule has 1 N–H and O–H groups in total. The minimum atomic E-state index is -0.109. The van der Waals surface area contributed by atoms with Gasteiger partial charge in [-0.05, 0) is 12.8 Å². The van der Waals surface area contributed by atoms with E-state index in [9.17, 15) is 4.79 Å². The van der Waals surface area contributed by atoms with Gasteiger partial charge in [-0.2, -0.15) is 5.10 Å². The number of ether oxygens (including phenoxy) is 3. The van der Waals surface area contributed by atoms with Crippen LogP contribution in [0.3, 0.4) is 0 Å².